The van der Waals surface area contributed by atoms with Gasteiger partial charge in [0, 0.05) is 28.7 Å². The van der Waals surface area contributed by atoms with Crippen molar-refractivity contribution in [1.29, 1.82) is 0 Å². The Balaban J connectivity index is 1.84. The fourth-order valence-electron chi connectivity index (χ4n) is 3.28. The lowest BCUT2D eigenvalue weighted by molar-refractivity contribution is -0.112. The number of benzene rings is 2. The summed E-state index contributed by atoms with van der Waals surface area (Å²) in [5, 5.41) is 10.7. The molecule has 1 heterocycles. The Labute approximate surface area is 160 Å². The molecular formula is C20H18BrN3O2. The molecule has 132 valence electrons. The number of anilines is 1. The average molecular weight is 412 g/mol. The number of para-hydroxylation sites is 1. The van der Waals surface area contributed by atoms with E-state index in [0.29, 0.717) is 30.9 Å². The average Bonchev–Trinajstić information content (AvgIpc) is 3.15. The van der Waals surface area contributed by atoms with Crippen LogP contribution in [0, 0.1) is 0 Å². The highest BCUT2D eigenvalue weighted by molar-refractivity contribution is 9.10. The summed E-state index contributed by atoms with van der Waals surface area (Å²) in [5.74, 6) is 0.0938. The molecule has 5 nitrogen and oxygen atoms in total. The number of carbonyl (C=O) groups is 1. The van der Waals surface area contributed by atoms with Gasteiger partial charge in [-0.25, -0.2) is 0 Å². The number of hydrogen-bond donors (Lipinski definition) is 2. The van der Waals surface area contributed by atoms with Crippen molar-refractivity contribution in [2.45, 2.75) is 6.42 Å². The Morgan fingerprint density at radius 2 is 2.08 bits per heavy atom. The lowest BCUT2D eigenvalue weighted by Gasteiger charge is -2.08. The van der Waals surface area contributed by atoms with E-state index < -0.39 is 0 Å². The van der Waals surface area contributed by atoms with Gasteiger partial charge in [-0.15, -0.1) is 0 Å². The van der Waals surface area contributed by atoms with Crippen LogP contribution in [0.1, 0.15) is 16.7 Å². The van der Waals surface area contributed by atoms with E-state index in [1.807, 2.05) is 49.5 Å². The Morgan fingerprint density at radius 1 is 1.23 bits per heavy atom. The number of allylic oxidation sites excluding steroid dienone is 2. The molecule has 0 spiro atoms. The van der Waals surface area contributed by atoms with Crippen LogP contribution in [0.5, 0.6) is 0 Å². The van der Waals surface area contributed by atoms with Crippen LogP contribution in [0.3, 0.4) is 0 Å². The summed E-state index contributed by atoms with van der Waals surface area (Å²) in [4.78, 5) is 18.3. The van der Waals surface area contributed by atoms with Crippen molar-refractivity contribution in [3.63, 3.8) is 0 Å². The van der Waals surface area contributed by atoms with E-state index in [1.165, 1.54) is 0 Å². The number of carbonyl (C=O) groups excluding carboxylic acids is 1. The third-order valence-corrected chi connectivity index (χ3v) is 4.99. The molecule has 0 atom stereocenters. The van der Waals surface area contributed by atoms with Crippen molar-refractivity contribution in [2.24, 2.45) is 5.16 Å². The Morgan fingerprint density at radius 3 is 2.92 bits per heavy atom. The molecule has 2 aliphatic rings. The van der Waals surface area contributed by atoms with E-state index in [9.17, 15) is 4.79 Å². The number of rotatable bonds is 4. The van der Waals surface area contributed by atoms with Crippen LogP contribution in [0.15, 0.2) is 57.8 Å². The van der Waals surface area contributed by atoms with E-state index in [0.717, 1.165) is 32.5 Å². The number of Topliss-reactive ketones (excluding diaryl/α,β-unsaturated/α-hetero) is 1. The summed E-state index contributed by atoms with van der Waals surface area (Å²) in [7, 11) is 1.86. The van der Waals surface area contributed by atoms with Crippen LogP contribution in [-0.2, 0) is 16.1 Å². The van der Waals surface area contributed by atoms with Gasteiger partial charge < -0.3 is 15.5 Å². The molecule has 1 aliphatic carbocycles. The molecule has 0 amide bonds. The summed E-state index contributed by atoms with van der Waals surface area (Å²) in [5.41, 5.74) is 5.92. The predicted molar refractivity (Wildman–Crippen MR) is 106 cm³/mol. The molecule has 26 heavy (non-hydrogen) atoms. The second kappa shape index (κ2) is 7.05. The highest BCUT2D eigenvalue weighted by Crippen LogP contribution is 2.39. The standard InChI is InChI=1S/C20H18BrN3O2/c1-22-8-9-26-24-19-14-4-2-3-5-16(14)23-20(19)18-15-11-13(21)7-6-12(15)10-17(18)25/h2-7,11,22-23H,8-10H2,1H3/b20-18-,24-19+. The molecule has 0 aromatic heterocycles. The molecule has 0 bridgehead atoms. The van der Waals surface area contributed by atoms with Crippen molar-refractivity contribution in [1.82, 2.24) is 5.32 Å². The van der Waals surface area contributed by atoms with E-state index in [-0.39, 0.29) is 5.78 Å². The number of ketones is 1. The third kappa shape index (κ3) is 2.95. The largest absolute Gasteiger partial charge is 0.394 e. The van der Waals surface area contributed by atoms with E-state index in [4.69, 9.17) is 4.84 Å². The first-order valence-electron chi connectivity index (χ1n) is 8.46. The second-order valence-corrected chi connectivity index (χ2v) is 7.11. The number of hydrogen-bond acceptors (Lipinski definition) is 5. The van der Waals surface area contributed by atoms with E-state index in [1.54, 1.807) is 0 Å². The highest BCUT2D eigenvalue weighted by atomic mass is 79.9. The summed E-state index contributed by atoms with van der Waals surface area (Å²) in [6.45, 7) is 1.16. The Bertz CT molecular complexity index is 950. The molecule has 0 radical (unpaired) electrons. The van der Waals surface area contributed by atoms with Crippen LogP contribution < -0.4 is 10.6 Å². The van der Waals surface area contributed by atoms with Crippen molar-refractivity contribution < 1.29 is 9.63 Å². The maximum absolute atomic E-state index is 12.8. The first-order valence-corrected chi connectivity index (χ1v) is 9.26. The van der Waals surface area contributed by atoms with E-state index >= 15 is 0 Å². The van der Waals surface area contributed by atoms with Gasteiger partial charge in [-0.2, -0.15) is 0 Å². The third-order valence-electron chi connectivity index (χ3n) is 4.50. The van der Waals surface area contributed by atoms with Crippen molar-refractivity contribution >= 4 is 38.7 Å². The van der Waals surface area contributed by atoms with Gasteiger partial charge in [0.1, 0.15) is 12.3 Å². The van der Waals surface area contributed by atoms with Crippen LogP contribution in [0.4, 0.5) is 5.69 Å². The summed E-state index contributed by atoms with van der Waals surface area (Å²) in [6.07, 6.45) is 0.410. The van der Waals surface area contributed by atoms with Gasteiger partial charge in [0.2, 0.25) is 0 Å². The molecule has 4 rings (SSSR count). The second-order valence-electron chi connectivity index (χ2n) is 6.20. The minimum Gasteiger partial charge on any atom is -0.394 e. The Hall–Kier alpha value is -2.44. The molecule has 2 aromatic rings. The van der Waals surface area contributed by atoms with Gasteiger partial charge in [0.25, 0.3) is 0 Å². The lowest BCUT2D eigenvalue weighted by atomic mass is 10.0. The predicted octanol–water partition coefficient (Wildman–Crippen LogP) is 3.35. The minimum absolute atomic E-state index is 0.0938. The van der Waals surface area contributed by atoms with Crippen molar-refractivity contribution in [3.8, 4) is 0 Å². The van der Waals surface area contributed by atoms with Crippen molar-refractivity contribution in [3.05, 3.63) is 69.3 Å². The number of nitrogens with zero attached hydrogens (tertiary/aromatic N) is 1. The molecule has 0 saturated carbocycles. The molecule has 0 saturated heterocycles. The SMILES string of the molecule is CNCCO/N=C1/C(=C2/C(=O)Cc3ccc(Br)cc32)Nc2ccccc21. The highest BCUT2D eigenvalue weighted by Gasteiger charge is 2.34. The van der Waals surface area contributed by atoms with Gasteiger partial charge in [0.05, 0.1) is 11.3 Å². The molecule has 0 fully saturated rings. The molecule has 1 aliphatic heterocycles. The number of nitrogens with one attached hydrogen (secondary N) is 2. The van der Waals surface area contributed by atoms with Gasteiger partial charge >= 0.3 is 0 Å². The first-order chi connectivity index (χ1) is 12.7. The maximum atomic E-state index is 12.8. The van der Waals surface area contributed by atoms with Crippen LogP contribution >= 0.6 is 15.9 Å². The van der Waals surface area contributed by atoms with E-state index in [2.05, 4.69) is 31.7 Å². The smallest absolute Gasteiger partial charge is 0.170 e. The Kier molecular flexibility index (Phi) is 4.61. The number of halogens is 1. The summed E-state index contributed by atoms with van der Waals surface area (Å²) >= 11 is 3.51. The monoisotopic (exact) mass is 411 g/mol. The zero-order valence-corrected chi connectivity index (χ0v) is 15.9. The maximum Gasteiger partial charge on any atom is 0.170 e. The minimum atomic E-state index is 0.0938. The summed E-state index contributed by atoms with van der Waals surface area (Å²) < 4.78 is 0.948. The van der Waals surface area contributed by atoms with Crippen molar-refractivity contribution in [2.75, 3.05) is 25.5 Å². The van der Waals surface area contributed by atoms with Gasteiger partial charge in [-0.05, 0) is 36.4 Å². The van der Waals surface area contributed by atoms with Crippen LogP contribution in [0.2, 0.25) is 0 Å². The summed E-state index contributed by atoms with van der Waals surface area (Å²) in [6, 6.07) is 13.8. The molecule has 0 unspecified atom stereocenters. The zero-order valence-electron chi connectivity index (χ0n) is 14.3. The fourth-order valence-corrected chi connectivity index (χ4v) is 3.64. The number of oxime groups is 1. The van der Waals surface area contributed by atoms with Gasteiger partial charge in [0.15, 0.2) is 5.78 Å². The van der Waals surface area contributed by atoms with Crippen LogP contribution in [0.25, 0.3) is 5.57 Å². The fraction of sp³-hybridized carbons (Fsp3) is 0.200. The van der Waals surface area contributed by atoms with Crippen LogP contribution in [-0.4, -0.2) is 31.7 Å². The topological polar surface area (TPSA) is 62.7 Å². The molecule has 2 N–H and O–H groups in total. The molecule has 2 aromatic carbocycles. The first kappa shape index (κ1) is 17.0. The number of likely N-dealkylation sites (N-methyl/N-ethyl adjacent to an activating group) is 1. The zero-order chi connectivity index (χ0) is 18.1. The normalized spacial score (nSPS) is 19.5. The van der Waals surface area contributed by atoms with Gasteiger partial charge in [-0.3, -0.25) is 4.79 Å². The van der Waals surface area contributed by atoms with Gasteiger partial charge in [-0.1, -0.05) is 45.4 Å². The molecular weight excluding hydrogens is 394 g/mol. The molecule has 6 heteroatoms. The number of fused-ring (bicyclic) bond motifs is 2. The lowest BCUT2D eigenvalue weighted by Crippen LogP contribution is -2.14. The quantitative estimate of drug-likeness (QED) is 0.460.